The summed E-state index contributed by atoms with van der Waals surface area (Å²) >= 11 is 0. The van der Waals surface area contributed by atoms with Gasteiger partial charge in [-0.1, -0.05) is 54.6 Å². The first-order chi connectivity index (χ1) is 14.7. The van der Waals surface area contributed by atoms with Gasteiger partial charge in [-0.15, -0.1) is 0 Å². The summed E-state index contributed by atoms with van der Waals surface area (Å²) in [6.45, 7) is 0. The maximum atomic E-state index is 13.3. The van der Waals surface area contributed by atoms with Crippen LogP contribution in [0.25, 0.3) is 0 Å². The predicted octanol–water partition coefficient (Wildman–Crippen LogP) is 3.62. The molecule has 3 aromatic carbocycles. The van der Waals surface area contributed by atoms with Gasteiger partial charge in [0.25, 0.3) is 0 Å². The number of hydrogen-bond donors (Lipinski definition) is 1. The number of hydrogen-bond acceptors (Lipinski definition) is 4. The first kappa shape index (κ1) is 21.7. The molecular weight excluding hydrogens is 432 g/mol. The molecular formula is C23H24N2O4S2. The van der Waals surface area contributed by atoms with Crippen molar-refractivity contribution in [3.8, 4) is 0 Å². The van der Waals surface area contributed by atoms with Crippen molar-refractivity contribution < 1.29 is 16.8 Å². The van der Waals surface area contributed by atoms with Crippen molar-refractivity contribution in [1.29, 1.82) is 0 Å². The van der Waals surface area contributed by atoms with Crippen LogP contribution in [0.2, 0.25) is 0 Å². The van der Waals surface area contributed by atoms with Crippen LogP contribution in [0.3, 0.4) is 0 Å². The van der Waals surface area contributed by atoms with E-state index in [0.29, 0.717) is 6.42 Å². The molecule has 4 rings (SSSR count). The fourth-order valence-corrected chi connectivity index (χ4v) is 6.19. The van der Waals surface area contributed by atoms with Gasteiger partial charge in [0.1, 0.15) is 0 Å². The number of rotatable bonds is 5. The summed E-state index contributed by atoms with van der Waals surface area (Å²) in [7, 11) is -6.14. The SMILES string of the molecule is CN(C1CCC(c2ccccc2)c2ccccc21)S(=O)(=O)c1ccc(S(N)(=O)=O)cc1. The zero-order valence-electron chi connectivity index (χ0n) is 17.0. The summed E-state index contributed by atoms with van der Waals surface area (Å²) in [6, 6.07) is 22.9. The van der Waals surface area contributed by atoms with E-state index in [9.17, 15) is 16.8 Å². The van der Waals surface area contributed by atoms with Gasteiger partial charge < -0.3 is 0 Å². The molecule has 0 fully saturated rings. The van der Waals surface area contributed by atoms with Crippen LogP contribution in [0, 0.1) is 0 Å². The molecule has 0 heterocycles. The van der Waals surface area contributed by atoms with E-state index in [2.05, 4.69) is 18.2 Å². The average molecular weight is 457 g/mol. The predicted molar refractivity (Wildman–Crippen MR) is 119 cm³/mol. The van der Waals surface area contributed by atoms with Gasteiger partial charge in [-0.25, -0.2) is 22.0 Å². The maximum absolute atomic E-state index is 13.3. The van der Waals surface area contributed by atoms with Crippen molar-refractivity contribution in [3.63, 3.8) is 0 Å². The molecule has 8 heteroatoms. The van der Waals surface area contributed by atoms with Gasteiger partial charge in [-0.3, -0.25) is 0 Å². The quantitative estimate of drug-likeness (QED) is 0.634. The van der Waals surface area contributed by atoms with Crippen molar-refractivity contribution in [2.24, 2.45) is 5.14 Å². The van der Waals surface area contributed by atoms with E-state index in [1.165, 1.54) is 34.1 Å². The van der Waals surface area contributed by atoms with Crippen LogP contribution in [0.5, 0.6) is 0 Å². The van der Waals surface area contributed by atoms with Crippen LogP contribution in [0.15, 0.2) is 88.7 Å². The van der Waals surface area contributed by atoms with Crippen molar-refractivity contribution in [1.82, 2.24) is 4.31 Å². The van der Waals surface area contributed by atoms with E-state index < -0.39 is 20.0 Å². The number of primary sulfonamides is 1. The number of fused-ring (bicyclic) bond motifs is 1. The summed E-state index contributed by atoms with van der Waals surface area (Å²) in [5.41, 5.74) is 3.35. The van der Waals surface area contributed by atoms with Gasteiger partial charge in [0.15, 0.2) is 0 Å². The van der Waals surface area contributed by atoms with E-state index in [0.717, 1.165) is 17.5 Å². The molecule has 2 N–H and O–H groups in total. The standard InChI is InChI=1S/C23H24N2O4S2/c1-25(31(28,29)19-13-11-18(12-14-19)30(24,26)27)23-16-15-20(17-7-3-2-4-8-17)21-9-5-6-10-22(21)23/h2-14,20,23H,15-16H2,1H3,(H2,24,26,27). The second-order valence-corrected chi connectivity index (χ2v) is 11.3. The van der Waals surface area contributed by atoms with Crippen molar-refractivity contribution in [3.05, 3.63) is 95.6 Å². The molecule has 0 amide bonds. The van der Waals surface area contributed by atoms with E-state index in [1.54, 1.807) is 7.05 Å². The fourth-order valence-electron chi connectivity index (χ4n) is 4.31. The Balaban J connectivity index is 1.69. The molecule has 2 unspecified atom stereocenters. The highest BCUT2D eigenvalue weighted by Crippen LogP contribution is 2.44. The number of benzene rings is 3. The zero-order valence-corrected chi connectivity index (χ0v) is 18.7. The van der Waals surface area contributed by atoms with Crippen LogP contribution in [-0.4, -0.2) is 28.2 Å². The van der Waals surface area contributed by atoms with Crippen molar-refractivity contribution in [2.75, 3.05) is 7.05 Å². The normalized spacial score (nSPS) is 19.2. The molecule has 3 aromatic rings. The number of nitrogens with zero attached hydrogens (tertiary/aromatic N) is 1. The molecule has 0 saturated carbocycles. The molecule has 0 saturated heterocycles. The van der Waals surface area contributed by atoms with E-state index >= 15 is 0 Å². The van der Waals surface area contributed by atoms with Crippen LogP contribution in [0.4, 0.5) is 0 Å². The molecule has 1 aliphatic rings. The fraction of sp³-hybridized carbons (Fsp3) is 0.217. The van der Waals surface area contributed by atoms with E-state index in [4.69, 9.17) is 5.14 Å². The van der Waals surface area contributed by atoms with Gasteiger partial charge in [0.05, 0.1) is 15.8 Å². The Kier molecular flexibility index (Phi) is 5.74. The maximum Gasteiger partial charge on any atom is 0.243 e. The highest BCUT2D eigenvalue weighted by atomic mass is 32.2. The highest BCUT2D eigenvalue weighted by Gasteiger charge is 2.35. The van der Waals surface area contributed by atoms with Gasteiger partial charge in [-0.2, -0.15) is 4.31 Å². The second kappa shape index (κ2) is 8.20. The largest absolute Gasteiger partial charge is 0.243 e. The summed E-state index contributed by atoms with van der Waals surface area (Å²) < 4.78 is 50.9. The Morgan fingerprint density at radius 2 is 1.29 bits per heavy atom. The first-order valence-corrected chi connectivity index (χ1v) is 12.9. The molecule has 0 radical (unpaired) electrons. The molecule has 6 nitrogen and oxygen atoms in total. The van der Waals surface area contributed by atoms with Crippen LogP contribution in [-0.2, 0) is 20.0 Å². The van der Waals surface area contributed by atoms with Gasteiger partial charge in [0, 0.05) is 13.0 Å². The number of nitrogens with two attached hydrogens (primary N) is 1. The Labute approximate surface area is 183 Å². The highest BCUT2D eigenvalue weighted by molar-refractivity contribution is 7.89. The minimum Gasteiger partial charge on any atom is -0.225 e. The van der Waals surface area contributed by atoms with Crippen LogP contribution >= 0.6 is 0 Å². The second-order valence-electron chi connectivity index (χ2n) is 7.72. The minimum atomic E-state index is -3.89. The molecule has 0 bridgehead atoms. The van der Waals surface area contributed by atoms with Gasteiger partial charge in [0.2, 0.25) is 20.0 Å². The zero-order chi connectivity index (χ0) is 22.2. The molecule has 31 heavy (non-hydrogen) atoms. The van der Waals surface area contributed by atoms with Crippen LogP contribution < -0.4 is 5.14 Å². The third-order valence-corrected chi connectivity index (χ3v) is 8.74. The molecule has 0 spiro atoms. The lowest BCUT2D eigenvalue weighted by atomic mass is 9.77. The Hall–Kier alpha value is -2.52. The smallest absolute Gasteiger partial charge is 0.225 e. The van der Waals surface area contributed by atoms with E-state index in [1.807, 2.05) is 36.4 Å². The minimum absolute atomic E-state index is 0.0325. The Bertz CT molecular complexity index is 1290. The monoisotopic (exact) mass is 456 g/mol. The van der Waals surface area contributed by atoms with Gasteiger partial charge >= 0.3 is 0 Å². The lowest BCUT2D eigenvalue weighted by Gasteiger charge is -2.36. The van der Waals surface area contributed by atoms with Crippen molar-refractivity contribution in [2.45, 2.75) is 34.6 Å². The summed E-state index contributed by atoms with van der Waals surface area (Å²) in [6.07, 6.45) is 1.51. The summed E-state index contributed by atoms with van der Waals surface area (Å²) in [5, 5.41) is 5.12. The molecule has 0 aliphatic heterocycles. The number of sulfonamides is 2. The topological polar surface area (TPSA) is 97.5 Å². The van der Waals surface area contributed by atoms with Crippen LogP contribution in [0.1, 0.15) is 41.5 Å². The molecule has 0 aromatic heterocycles. The van der Waals surface area contributed by atoms with Gasteiger partial charge in [-0.05, 0) is 53.8 Å². The Morgan fingerprint density at radius 3 is 1.90 bits per heavy atom. The first-order valence-electron chi connectivity index (χ1n) is 9.94. The van der Waals surface area contributed by atoms with E-state index in [-0.39, 0.29) is 21.8 Å². The molecule has 162 valence electrons. The summed E-state index contributed by atoms with van der Waals surface area (Å²) in [5.74, 6) is 0.221. The molecule has 2 atom stereocenters. The lowest BCUT2D eigenvalue weighted by Crippen LogP contribution is -2.34. The third-order valence-electron chi connectivity index (χ3n) is 5.93. The van der Waals surface area contributed by atoms with Crippen molar-refractivity contribution >= 4 is 20.0 Å². The summed E-state index contributed by atoms with van der Waals surface area (Å²) in [4.78, 5) is -0.0899. The third kappa shape index (κ3) is 4.16. The molecule has 1 aliphatic carbocycles. The Morgan fingerprint density at radius 1 is 0.742 bits per heavy atom. The average Bonchev–Trinajstić information content (AvgIpc) is 2.78. The lowest BCUT2D eigenvalue weighted by molar-refractivity contribution is 0.329.